The molecular weight excluding hydrogens is 217 g/mol. The Balaban J connectivity index is 2.78. The third kappa shape index (κ3) is 3.02. The van der Waals surface area contributed by atoms with Gasteiger partial charge in [0.15, 0.2) is 0 Å². The second kappa shape index (κ2) is 5.40. The Labute approximate surface area is 94.5 Å². The molecule has 76 valence electrons. The van der Waals surface area contributed by atoms with Gasteiger partial charge in [-0.05, 0) is 30.5 Å². The zero-order valence-corrected chi connectivity index (χ0v) is 9.35. The predicted octanol–water partition coefficient (Wildman–Crippen LogP) is 3.96. The number of rotatable bonds is 4. The Kier molecular flexibility index (Phi) is 4.46. The summed E-state index contributed by atoms with van der Waals surface area (Å²) in [4.78, 5) is 0. The molecule has 0 amide bonds. The van der Waals surface area contributed by atoms with Crippen molar-refractivity contribution in [2.45, 2.75) is 18.9 Å². The third-order valence-electron chi connectivity index (χ3n) is 2.04. The van der Waals surface area contributed by atoms with E-state index in [2.05, 4.69) is 6.58 Å². The minimum atomic E-state index is -0.0437. The highest BCUT2D eigenvalue weighted by atomic mass is 35.5. The molecule has 3 heteroatoms. The maximum absolute atomic E-state index is 6.01. The Hall–Kier alpha value is -0.500. The van der Waals surface area contributed by atoms with Crippen LogP contribution in [0.2, 0.25) is 10.0 Å². The Morgan fingerprint density at radius 2 is 2.14 bits per heavy atom. The molecule has 0 heterocycles. The molecule has 0 unspecified atom stereocenters. The molecule has 0 saturated heterocycles. The lowest BCUT2D eigenvalue weighted by Gasteiger charge is -2.12. The van der Waals surface area contributed by atoms with Crippen LogP contribution in [0.5, 0.6) is 0 Å². The van der Waals surface area contributed by atoms with E-state index in [1.54, 1.807) is 12.1 Å². The van der Waals surface area contributed by atoms with Crippen LogP contribution in [0, 0.1) is 0 Å². The first-order chi connectivity index (χ1) is 6.65. The Morgan fingerprint density at radius 3 is 2.71 bits per heavy atom. The zero-order chi connectivity index (χ0) is 10.6. The summed E-state index contributed by atoms with van der Waals surface area (Å²) in [6.45, 7) is 3.65. The first kappa shape index (κ1) is 11.6. The van der Waals surface area contributed by atoms with E-state index >= 15 is 0 Å². The van der Waals surface area contributed by atoms with Crippen LogP contribution in [-0.4, -0.2) is 0 Å². The van der Waals surface area contributed by atoms with Crippen LogP contribution < -0.4 is 5.73 Å². The van der Waals surface area contributed by atoms with Crippen molar-refractivity contribution < 1.29 is 0 Å². The van der Waals surface area contributed by atoms with Crippen molar-refractivity contribution in [3.05, 3.63) is 46.5 Å². The molecule has 14 heavy (non-hydrogen) atoms. The van der Waals surface area contributed by atoms with Gasteiger partial charge in [0, 0.05) is 16.1 Å². The highest BCUT2D eigenvalue weighted by Gasteiger charge is 2.09. The van der Waals surface area contributed by atoms with Crippen molar-refractivity contribution in [1.29, 1.82) is 0 Å². The van der Waals surface area contributed by atoms with Gasteiger partial charge in [-0.2, -0.15) is 0 Å². The number of benzene rings is 1. The summed E-state index contributed by atoms with van der Waals surface area (Å²) in [7, 11) is 0. The van der Waals surface area contributed by atoms with Crippen LogP contribution in [0.15, 0.2) is 30.9 Å². The molecule has 0 aliphatic rings. The smallest absolute Gasteiger partial charge is 0.0468 e. The molecule has 1 aromatic rings. The van der Waals surface area contributed by atoms with Crippen LogP contribution in [0.4, 0.5) is 0 Å². The van der Waals surface area contributed by atoms with E-state index < -0.39 is 0 Å². The van der Waals surface area contributed by atoms with Gasteiger partial charge in [-0.1, -0.05) is 35.3 Å². The molecule has 1 rings (SSSR count). The molecule has 1 nitrogen and oxygen atoms in total. The minimum Gasteiger partial charge on any atom is -0.324 e. The van der Waals surface area contributed by atoms with E-state index in [4.69, 9.17) is 28.9 Å². The monoisotopic (exact) mass is 229 g/mol. The predicted molar refractivity (Wildman–Crippen MR) is 62.8 cm³/mol. The van der Waals surface area contributed by atoms with Crippen molar-refractivity contribution in [3.8, 4) is 0 Å². The van der Waals surface area contributed by atoms with Crippen LogP contribution in [0.3, 0.4) is 0 Å². The fourth-order valence-corrected chi connectivity index (χ4v) is 1.80. The largest absolute Gasteiger partial charge is 0.324 e. The number of nitrogens with two attached hydrogens (primary N) is 1. The quantitative estimate of drug-likeness (QED) is 0.778. The summed E-state index contributed by atoms with van der Waals surface area (Å²) in [6.07, 6.45) is 3.59. The molecule has 0 saturated carbocycles. The molecule has 1 aromatic carbocycles. The summed E-state index contributed by atoms with van der Waals surface area (Å²) in [5.41, 5.74) is 6.90. The summed E-state index contributed by atoms with van der Waals surface area (Å²) in [6, 6.07) is 5.35. The lowest BCUT2D eigenvalue weighted by molar-refractivity contribution is 0.662. The fraction of sp³-hybridized carbons (Fsp3) is 0.273. The summed E-state index contributed by atoms with van der Waals surface area (Å²) >= 11 is 11.8. The average molecular weight is 230 g/mol. The molecule has 0 spiro atoms. The van der Waals surface area contributed by atoms with Crippen LogP contribution in [-0.2, 0) is 0 Å². The van der Waals surface area contributed by atoms with Gasteiger partial charge in [0.25, 0.3) is 0 Å². The lowest BCUT2D eigenvalue weighted by Crippen LogP contribution is -2.10. The van der Waals surface area contributed by atoms with E-state index in [1.807, 2.05) is 12.1 Å². The Morgan fingerprint density at radius 1 is 1.43 bits per heavy atom. The molecule has 2 N–H and O–H groups in total. The van der Waals surface area contributed by atoms with Gasteiger partial charge >= 0.3 is 0 Å². The maximum Gasteiger partial charge on any atom is 0.0468 e. The molecular formula is C11H13Cl2N. The normalized spacial score (nSPS) is 12.5. The van der Waals surface area contributed by atoms with E-state index in [0.29, 0.717) is 10.0 Å². The zero-order valence-electron chi connectivity index (χ0n) is 7.84. The molecule has 0 bridgehead atoms. The first-order valence-corrected chi connectivity index (χ1v) is 5.22. The van der Waals surface area contributed by atoms with Gasteiger partial charge in [0.05, 0.1) is 0 Å². The fourth-order valence-electron chi connectivity index (χ4n) is 1.26. The second-order valence-corrected chi connectivity index (χ2v) is 3.98. The van der Waals surface area contributed by atoms with Crippen molar-refractivity contribution >= 4 is 23.2 Å². The highest BCUT2D eigenvalue weighted by Crippen LogP contribution is 2.27. The van der Waals surface area contributed by atoms with Crippen LogP contribution >= 0.6 is 23.2 Å². The second-order valence-electron chi connectivity index (χ2n) is 3.14. The van der Waals surface area contributed by atoms with E-state index in [0.717, 1.165) is 18.4 Å². The average Bonchev–Trinajstić information content (AvgIpc) is 2.14. The van der Waals surface area contributed by atoms with E-state index in [-0.39, 0.29) is 6.04 Å². The highest BCUT2D eigenvalue weighted by molar-refractivity contribution is 6.35. The van der Waals surface area contributed by atoms with E-state index in [9.17, 15) is 0 Å². The van der Waals surface area contributed by atoms with Crippen molar-refractivity contribution in [2.75, 3.05) is 0 Å². The molecule has 0 aromatic heterocycles. The van der Waals surface area contributed by atoms with Crippen molar-refractivity contribution in [2.24, 2.45) is 5.73 Å². The third-order valence-corrected chi connectivity index (χ3v) is 2.61. The molecule has 1 atom stereocenters. The number of hydrogen-bond acceptors (Lipinski definition) is 1. The Bertz CT molecular complexity index is 323. The molecule has 0 aliphatic carbocycles. The van der Waals surface area contributed by atoms with E-state index in [1.165, 1.54) is 0 Å². The lowest BCUT2D eigenvalue weighted by atomic mass is 10.0. The van der Waals surface area contributed by atoms with Gasteiger partial charge in [-0.3, -0.25) is 0 Å². The number of hydrogen-bond donors (Lipinski definition) is 1. The van der Waals surface area contributed by atoms with Crippen LogP contribution in [0.25, 0.3) is 0 Å². The first-order valence-electron chi connectivity index (χ1n) is 4.46. The maximum atomic E-state index is 6.01. The SMILES string of the molecule is C=CCC[C@H](N)c1ccc(Cl)cc1Cl. The van der Waals surface area contributed by atoms with Crippen LogP contribution in [0.1, 0.15) is 24.4 Å². The molecule has 0 fully saturated rings. The van der Waals surface area contributed by atoms with Gasteiger partial charge in [0.1, 0.15) is 0 Å². The van der Waals surface area contributed by atoms with Gasteiger partial charge < -0.3 is 5.73 Å². The number of halogens is 2. The van der Waals surface area contributed by atoms with Crippen molar-refractivity contribution in [1.82, 2.24) is 0 Å². The molecule has 0 aliphatic heterocycles. The minimum absolute atomic E-state index is 0.0437. The number of allylic oxidation sites excluding steroid dienone is 1. The summed E-state index contributed by atoms with van der Waals surface area (Å²) in [5.74, 6) is 0. The van der Waals surface area contributed by atoms with Gasteiger partial charge in [0.2, 0.25) is 0 Å². The summed E-state index contributed by atoms with van der Waals surface area (Å²) < 4.78 is 0. The molecule has 0 radical (unpaired) electrons. The van der Waals surface area contributed by atoms with Crippen molar-refractivity contribution in [3.63, 3.8) is 0 Å². The standard InChI is InChI=1S/C11H13Cl2N/c1-2-3-4-11(14)9-6-5-8(12)7-10(9)13/h2,5-7,11H,1,3-4,14H2/t11-/m0/s1. The van der Waals surface area contributed by atoms with Gasteiger partial charge in [-0.25, -0.2) is 0 Å². The topological polar surface area (TPSA) is 26.0 Å². The van der Waals surface area contributed by atoms with Gasteiger partial charge in [-0.15, -0.1) is 6.58 Å². The summed E-state index contributed by atoms with van der Waals surface area (Å²) in [5, 5.41) is 1.27.